The fraction of sp³-hybridized carbons (Fsp3) is 0.625. The summed E-state index contributed by atoms with van der Waals surface area (Å²) in [6, 6.07) is 7.53. The van der Waals surface area contributed by atoms with E-state index < -0.39 is 0 Å². The Balaban J connectivity index is 1.82. The van der Waals surface area contributed by atoms with Crippen LogP contribution in [-0.4, -0.2) is 6.54 Å². The Morgan fingerprint density at radius 2 is 2.12 bits per heavy atom. The number of benzene rings is 1. The highest BCUT2D eigenvalue weighted by atomic mass is 14.9. The van der Waals surface area contributed by atoms with Gasteiger partial charge >= 0.3 is 0 Å². The molecule has 0 heterocycles. The first-order valence-corrected chi connectivity index (χ1v) is 7.14. The highest BCUT2D eigenvalue weighted by Gasteiger charge is 2.21. The predicted octanol–water partition coefficient (Wildman–Crippen LogP) is 4.15. The van der Waals surface area contributed by atoms with Gasteiger partial charge in [0.05, 0.1) is 0 Å². The summed E-state index contributed by atoms with van der Waals surface area (Å²) in [4.78, 5) is 0. The van der Waals surface area contributed by atoms with Gasteiger partial charge in [-0.3, -0.25) is 0 Å². The van der Waals surface area contributed by atoms with Crippen molar-refractivity contribution in [2.45, 2.75) is 58.4 Å². The Labute approximate surface area is 106 Å². The molecule has 1 nitrogen and oxygen atoms in total. The number of fused-ring (bicyclic) bond motifs is 1. The van der Waals surface area contributed by atoms with Gasteiger partial charge in [0.1, 0.15) is 0 Å². The van der Waals surface area contributed by atoms with Crippen LogP contribution < -0.4 is 5.32 Å². The van der Waals surface area contributed by atoms with Gasteiger partial charge in [-0.15, -0.1) is 0 Å². The Morgan fingerprint density at radius 3 is 2.94 bits per heavy atom. The van der Waals surface area contributed by atoms with Crippen LogP contribution in [0, 0.1) is 6.92 Å². The molecule has 0 saturated carbocycles. The van der Waals surface area contributed by atoms with Crippen LogP contribution in [0.3, 0.4) is 0 Å². The molecule has 0 aliphatic heterocycles. The quantitative estimate of drug-likeness (QED) is 0.725. The maximum absolute atomic E-state index is 3.72. The topological polar surface area (TPSA) is 12.0 Å². The van der Waals surface area contributed by atoms with Gasteiger partial charge in [0, 0.05) is 6.04 Å². The summed E-state index contributed by atoms with van der Waals surface area (Å²) in [5.41, 5.74) is 4.51. The van der Waals surface area contributed by atoms with Gasteiger partial charge in [-0.25, -0.2) is 0 Å². The summed E-state index contributed by atoms with van der Waals surface area (Å²) in [6.07, 6.45) is 7.94. The van der Waals surface area contributed by atoms with Crippen molar-refractivity contribution in [3.05, 3.63) is 34.9 Å². The molecule has 2 rings (SSSR count). The van der Waals surface area contributed by atoms with Crippen LogP contribution in [-0.2, 0) is 6.42 Å². The number of aryl methyl sites for hydroxylation is 2. The average molecular weight is 231 g/mol. The summed E-state index contributed by atoms with van der Waals surface area (Å²) in [6.45, 7) is 5.64. The summed E-state index contributed by atoms with van der Waals surface area (Å²) in [5.74, 6) is 0. The predicted molar refractivity (Wildman–Crippen MR) is 74.4 cm³/mol. The monoisotopic (exact) mass is 231 g/mol. The second-order valence-corrected chi connectivity index (χ2v) is 5.31. The van der Waals surface area contributed by atoms with Crippen LogP contribution in [0.5, 0.6) is 0 Å². The molecule has 1 aromatic rings. The molecule has 17 heavy (non-hydrogen) atoms. The Bertz CT molecular complexity index is 357. The molecule has 0 spiro atoms. The van der Waals surface area contributed by atoms with Gasteiger partial charge in [-0.1, -0.05) is 49.9 Å². The van der Waals surface area contributed by atoms with E-state index in [1.54, 1.807) is 11.1 Å². The van der Waals surface area contributed by atoms with E-state index in [4.69, 9.17) is 0 Å². The van der Waals surface area contributed by atoms with Gasteiger partial charge in [0.2, 0.25) is 0 Å². The lowest BCUT2D eigenvalue weighted by Crippen LogP contribution is -2.20. The number of rotatable bonds is 6. The van der Waals surface area contributed by atoms with Crippen LogP contribution in [0.15, 0.2) is 18.2 Å². The summed E-state index contributed by atoms with van der Waals surface area (Å²) >= 11 is 0. The standard InChI is InChI=1S/C16H25N/c1-3-4-5-6-11-17-16-10-9-14-8-7-13(2)12-15(14)16/h7-8,12,16-17H,3-6,9-11H2,1-2H3. The van der Waals surface area contributed by atoms with Crippen molar-refractivity contribution in [2.24, 2.45) is 0 Å². The molecule has 0 radical (unpaired) electrons. The minimum absolute atomic E-state index is 0.617. The molecule has 1 unspecified atom stereocenters. The molecule has 0 aromatic heterocycles. The summed E-state index contributed by atoms with van der Waals surface area (Å²) in [7, 11) is 0. The van der Waals surface area contributed by atoms with Crippen molar-refractivity contribution >= 4 is 0 Å². The van der Waals surface area contributed by atoms with Crippen molar-refractivity contribution in [3.8, 4) is 0 Å². The van der Waals surface area contributed by atoms with E-state index in [-0.39, 0.29) is 0 Å². The van der Waals surface area contributed by atoms with E-state index in [0.29, 0.717) is 6.04 Å². The van der Waals surface area contributed by atoms with Gasteiger partial charge in [0.15, 0.2) is 0 Å². The summed E-state index contributed by atoms with van der Waals surface area (Å²) in [5, 5.41) is 3.72. The van der Waals surface area contributed by atoms with E-state index in [9.17, 15) is 0 Å². The fourth-order valence-corrected chi connectivity index (χ4v) is 2.76. The minimum atomic E-state index is 0.617. The van der Waals surface area contributed by atoms with Gasteiger partial charge < -0.3 is 5.32 Å². The largest absolute Gasteiger partial charge is 0.310 e. The molecule has 1 heteroatoms. The average Bonchev–Trinajstić information content (AvgIpc) is 2.72. The van der Waals surface area contributed by atoms with E-state index in [2.05, 4.69) is 37.4 Å². The van der Waals surface area contributed by atoms with E-state index in [1.807, 2.05) is 0 Å². The van der Waals surface area contributed by atoms with Crippen LogP contribution in [0.1, 0.15) is 61.8 Å². The molecule has 1 aliphatic rings. The summed E-state index contributed by atoms with van der Waals surface area (Å²) < 4.78 is 0. The molecule has 94 valence electrons. The number of hydrogen-bond acceptors (Lipinski definition) is 1. The number of hydrogen-bond donors (Lipinski definition) is 1. The fourth-order valence-electron chi connectivity index (χ4n) is 2.76. The van der Waals surface area contributed by atoms with Gasteiger partial charge in [-0.2, -0.15) is 0 Å². The molecule has 1 N–H and O–H groups in total. The Morgan fingerprint density at radius 1 is 1.24 bits per heavy atom. The van der Waals surface area contributed by atoms with Crippen molar-refractivity contribution in [1.29, 1.82) is 0 Å². The van der Waals surface area contributed by atoms with Gasteiger partial charge in [-0.05, 0) is 43.9 Å². The molecule has 0 amide bonds. The highest BCUT2D eigenvalue weighted by Crippen LogP contribution is 2.31. The number of unbranched alkanes of at least 4 members (excludes halogenated alkanes) is 3. The maximum Gasteiger partial charge on any atom is 0.0326 e. The molecule has 1 atom stereocenters. The molecule has 1 aromatic carbocycles. The third-order valence-corrected chi connectivity index (χ3v) is 3.80. The molecule has 0 saturated heterocycles. The van der Waals surface area contributed by atoms with Crippen molar-refractivity contribution in [3.63, 3.8) is 0 Å². The SMILES string of the molecule is CCCCCCNC1CCc2ccc(C)cc21. The Hall–Kier alpha value is -0.820. The second-order valence-electron chi connectivity index (χ2n) is 5.31. The second kappa shape index (κ2) is 6.20. The van der Waals surface area contributed by atoms with Crippen LogP contribution in [0.25, 0.3) is 0 Å². The molecule has 1 aliphatic carbocycles. The molecular formula is C16H25N. The normalized spacial score (nSPS) is 18.4. The first-order valence-electron chi connectivity index (χ1n) is 7.14. The zero-order chi connectivity index (χ0) is 12.1. The lowest BCUT2D eigenvalue weighted by atomic mass is 10.0. The van der Waals surface area contributed by atoms with Gasteiger partial charge in [0.25, 0.3) is 0 Å². The van der Waals surface area contributed by atoms with Crippen molar-refractivity contribution < 1.29 is 0 Å². The first-order chi connectivity index (χ1) is 8.31. The lowest BCUT2D eigenvalue weighted by molar-refractivity contribution is 0.506. The zero-order valence-corrected chi connectivity index (χ0v) is 11.3. The van der Waals surface area contributed by atoms with Crippen molar-refractivity contribution in [2.75, 3.05) is 6.54 Å². The van der Waals surface area contributed by atoms with Crippen molar-refractivity contribution in [1.82, 2.24) is 5.32 Å². The molecular weight excluding hydrogens is 206 g/mol. The smallest absolute Gasteiger partial charge is 0.0326 e. The van der Waals surface area contributed by atoms with Crippen LogP contribution in [0.4, 0.5) is 0 Å². The van der Waals surface area contributed by atoms with Crippen LogP contribution >= 0.6 is 0 Å². The molecule has 0 fully saturated rings. The van der Waals surface area contributed by atoms with Crippen LogP contribution in [0.2, 0.25) is 0 Å². The lowest BCUT2D eigenvalue weighted by Gasteiger charge is -2.14. The van der Waals surface area contributed by atoms with E-state index in [0.717, 1.165) is 0 Å². The molecule has 0 bridgehead atoms. The maximum atomic E-state index is 3.72. The third-order valence-electron chi connectivity index (χ3n) is 3.80. The number of nitrogens with one attached hydrogen (secondary N) is 1. The van der Waals surface area contributed by atoms with E-state index >= 15 is 0 Å². The Kier molecular flexibility index (Phi) is 4.61. The minimum Gasteiger partial charge on any atom is -0.310 e. The van der Waals surface area contributed by atoms with E-state index in [1.165, 1.54) is 50.6 Å². The first kappa shape index (κ1) is 12.6. The zero-order valence-electron chi connectivity index (χ0n) is 11.3. The third kappa shape index (κ3) is 3.32. The highest BCUT2D eigenvalue weighted by molar-refractivity contribution is 5.37.